The third kappa shape index (κ3) is 2.08. The lowest BCUT2D eigenvalue weighted by molar-refractivity contribution is 0.0525. The summed E-state index contributed by atoms with van der Waals surface area (Å²) in [5, 5.41) is 1.16. The number of nitrogens with zero attached hydrogens (tertiary/aromatic N) is 2. The minimum atomic E-state index is -0.417. The lowest BCUT2D eigenvalue weighted by atomic mass is 10.1. The summed E-state index contributed by atoms with van der Waals surface area (Å²) in [5.74, 6) is -0.417. The molecule has 0 saturated heterocycles. The number of ether oxygens (including phenoxy) is 1. The second kappa shape index (κ2) is 5.20. The molecular formula is C12H13ClN2O2S. The van der Waals surface area contributed by atoms with Crippen molar-refractivity contribution in [2.75, 3.05) is 6.61 Å². The molecule has 0 unspecified atom stereocenters. The van der Waals surface area contributed by atoms with Crippen LogP contribution in [0.3, 0.4) is 0 Å². The van der Waals surface area contributed by atoms with Crippen molar-refractivity contribution >= 4 is 39.3 Å². The fourth-order valence-corrected chi connectivity index (χ4v) is 3.06. The van der Waals surface area contributed by atoms with Gasteiger partial charge in [0.2, 0.25) is 0 Å². The zero-order chi connectivity index (χ0) is 13.3. The van der Waals surface area contributed by atoms with Crippen LogP contribution in [0.1, 0.15) is 35.6 Å². The monoisotopic (exact) mass is 284 g/mol. The third-order valence-corrected chi connectivity index (χ3v) is 3.83. The Bertz CT molecular complexity index is 610. The summed E-state index contributed by atoms with van der Waals surface area (Å²) >= 11 is 7.62. The van der Waals surface area contributed by atoms with Gasteiger partial charge in [0.1, 0.15) is 10.4 Å². The molecule has 18 heavy (non-hydrogen) atoms. The highest BCUT2D eigenvalue weighted by atomic mass is 35.5. The Morgan fingerprint density at radius 3 is 2.78 bits per heavy atom. The number of aromatic nitrogens is 2. The van der Waals surface area contributed by atoms with E-state index in [1.54, 1.807) is 6.92 Å². The van der Waals surface area contributed by atoms with Gasteiger partial charge in [0.05, 0.1) is 28.4 Å². The highest BCUT2D eigenvalue weighted by Gasteiger charge is 2.22. The fraction of sp³-hybridized carbons (Fsp3) is 0.417. The molecule has 0 N–H and O–H groups in total. The number of carbonyl (C=O) groups is 1. The van der Waals surface area contributed by atoms with E-state index in [9.17, 15) is 4.79 Å². The maximum Gasteiger partial charge on any atom is 0.341 e. The van der Waals surface area contributed by atoms with Crippen LogP contribution in [-0.2, 0) is 11.2 Å². The van der Waals surface area contributed by atoms with Crippen LogP contribution < -0.4 is 0 Å². The van der Waals surface area contributed by atoms with Gasteiger partial charge in [0.25, 0.3) is 0 Å². The molecule has 2 aromatic rings. The van der Waals surface area contributed by atoms with Gasteiger partial charge >= 0.3 is 5.97 Å². The minimum absolute atomic E-state index is 0.317. The van der Waals surface area contributed by atoms with Crippen LogP contribution >= 0.6 is 23.1 Å². The molecule has 0 aliphatic rings. The number of halogens is 1. The number of rotatable bonds is 3. The Hall–Kier alpha value is -1.20. The predicted molar refractivity (Wildman–Crippen MR) is 72.5 cm³/mol. The standard InChI is InChI=1S/C12H13ClN2O2S/c1-4-7-9(12(16)17-5-2)10(13)8-6(3)15-18-11(8)14-7/h4-5H2,1-3H3. The van der Waals surface area contributed by atoms with Crippen LogP contribution in [0.25, 0.3) is 10.2 Å². The zero-order valence-corrected chi connectivity index (χ0v) is 12.0. The number of fused-ring (bicyclic) bond motifs is 1. The third-order valence-electron chi connectivity index (χ3n) is 2.62. The Balaban J connectivity index is 2.72. The Kier molecular flexibility index (Phi) is 3.82. The summed E-state index contributed by atoms with van der Waals surface area (Å²) in [6, 6.07) is 0. The van der Waals surface area contributed by atoms with Crippen molar-refractivity contribution in [1.29, 1.82) is 0 Å². The van der Waals surface area contributed by atoms with Gasteiger partial charge in [0, 0.05) is 0 Å². The van der Waals surface area contributed by atoms with E-state index in [1.807, 2.05) is 13.8 Å². The van der Waals surface area contributed by atoms with Gasteiger partial charge in [-0.15, -0.1) is 0 Å². The number of carbonyl (C=O) groups excluding carboxylic acids is 1. The Labute approximate surface area is 114 Å². The van der Waals surface area contributed by atoms with Crippen molar-refractivity contribution < 1.29 is 9.53 Å². The topological polar surface area (TPSA) is 52.1 Å². The number of hydrogen-bond acceptors (Lipinski definition) is 5. The fourth-order valence-electron chi connectivity index (χ4n) is 1.78. The Morgan fingerprint density at radius 2 is 2.17 bits per heavy atom. The summed E-state index contributed by atoms with van der Waals surface area (Å²) < 4.78 is 9.26. The van der Waals surface area contributed by atoms with E-state index < -0.39 is 5.97 Å². The van der Waals surface area contributed by atoms with Crippen molar-refractivity contribution in [3.63, 3.8) is 0 Å². The zero-order valence-electron chi connectivity index (χ0n) is 10.4. The van der Waals surface area contributed by atoms with Crippen molar-refractivity contribution in [2.45, 2.75) is 27.2 Å². The maximum absolute atomic E-state index is 12.0. The van der Waals surface area contributed by atoms with Crippen molar-refractivity contribution in [1.82, 2.24) is 9.36 Å². The van der Waals surface area contributed by atoms with Gasteiger partial charge in [-0.25, -0.2) is 9.78 Å². The SMILES string of the molecule is CCOC(=O)c1c(CC)nc2snc(C)c2c1Cl. The average Bonchev–Trinajstić information content (AvgIpc) is 2.71. The first-order chi connectivity index (χ1) is 8.60. The van der Waals surface area contributed by atoms with Crippen LogP contribution in [0, 0.1) is 6.92 Å². The molecule has 0 aromatic carbocycles. The number of esters is 1. The molecule has 6 heteroatoms. The van der Waals surface area contributed by atoms with Gasteiger partial charge in [-0.1, -0.05) is 18.5 Å². The molecule has 2 rings (SSSR count). The van der Waals surface area contributed by atoms with Crippen LogP contribution in [-0.4, -0.2) is 21.9 Å². The van der Waals surface area contributed by atoms with Crippen molar-refractivity contribution in [3.05, 3.63) is 22.0 Å². The molecule has 0 spiro atoms. The first-order valence-electron chi connectivity index (χ1n) is 5.71. The second-order valence-corrected chi connectivity index (χ2v) is 4.90. The molecule has 0 amide bonds. The molecule has 4 nitrogen and oxygen atoms in total. The van der Waals surface area contributed by atoms with Crippen LogP contribution in [0.15, 0.2) is 0 Å². The molecular weight excluding hydrogens is 272 g/mol. The molecule has 0 aliphatic heterocycles. The smallest absolute Gasteiger partial charge is 0.341 e. The molecule has 0 saturated carbocycles. The van der Waals surface area contributed by atoms with Crippen molar-refractivity contribution in [3.8, 4) is 0 Å². The molecule has 0 aliphatic carbocycles. The first-order valence-corrected chi connectivity index (χ1v) is 6.86. The Morgan fingerprint density at radius 1 is 1.44 bits per heavy atom. The largest absolute Gasteiger partial charge is 0.462 e. The molecule has 0 atom stereocenters. The lowest BCUT2D eigenvalue weighted by Gasteiger charge is -2.09. The first kappa shape index (κ1) is 13.2. The highest BCUT2D eigenvalue weighted by Crippen LogP contribution is 2.33. The predicted octanol–water partition coefficient (Wildman–Crippen LogP) is 3.39. The molecule has 0 radical (unpaired) electrons. The molecule has 2 heterocycles. The summed E-state index contributed by atoms with van der Waals surface area (Å²) in [7, 11) is 0. The number of aryl methyl sites for hydroxylation is 2. The molecule has 0 fully saturated rings. The van der Waals surface area contributed by atoms with Crippen LogP contribution in [0.4, 0.5) is 0 Å². The van der Waals surface area contributed by atoms with E-state index in [2.05, 4.69) is 9.36 Å². The normalized spacial score (nSPS) is 10.9. The highest BCUT2D eigenvalue weighted by molar-refractivity contribution is 7.13. The second-order valence-electron chi connectivity index (χ2n) is 3.77. The number of pyridine rings is 1. The average molecular weight is 285 g/mol. The molecule has 2 aromatic heterocycles. The van der Waals surface area contributed by atoms with E-state index >= 15 is 0 Å². The molecule has 0 bridgehead atoms. The summed E-state index contributed by atoms with van der Waals surface area (Å²) in [6.45, 7) is 5.87. The number of hydrogen-bond donors (Lipinski definition) is 0. The maximum atomic E-state index is 12.0. The minimum Gasteiger partial charge on any atom is -0.462 e. The summed E-state index contributed by atoms with van der Waals surface area (Å²) in [4.78, 5) is 17.2. The quantitative estimate of drug-likeness (QED) is 0.811. The van der Waals surface area contributed by atoms with Crippen LogP contribution in [0.2, 0.25) is 5.02 Å². The van der Waals surface area contributed by atoms with Gasteiger partial charge in [-0.2, -0.15) is 4.37 Å². The van der Waals surface area contributed by atoms with E-state index in [-0.39, 0.29) is 0 Å². The summed E-state index contributed by atoms with van der Waals surface area (Å²) in [6.07, 6.45) is 0.626. The van der Waals surface area contributed by atoms with Gasteiger partial charge in [-0.3, -0.25) is 0 Å². The van der Waals surface area contributed by atoms with Crippen LogP contribution in [0.5, 0.6) is 0 Å². The van der Waals surface area contributed by atoms with E-state index in [0.29, 0.717) is 29.3 Å². The van der Waals surface area contributed by atoms with Gasteiger partial charge in [-0.05, 0) is 31.8 Å². The van der Waals surface area contributed by atoms with Gasteiger partial charge in [0.15, 0.2) is 0 Å². The van der Waals surface area contributed by atoms with E-state index in [1.165, 1.54) is 11.5 Å². The van der Waals surface area contributed by atoms with E-state index in [0.717, 1.165) is 15.9 Å². The van der Waals surface area contributed by atoms with Crippen molar-refractivity contribution in [2.24, 2.45) is 0 Å². The van der Waals surface area contributed by atoms with Gasteiger partial charge < -0.3 is 4.74 Å². The van der Waals surface area contributed by atoms with E-state index in [4.69, 9.17) is 16.3 Å². The lowest BCUT2D eigenvalue weighted by Crippen LogP contribution is -2.10. The summed E-state index contributed by atoms with van der Waals surface area (Å²) in [5.41, 5.74) is 1.83. The molecule has 96 valence electrons.